The number of nitrogens with one attached hydrogen (secondary N) is 2. The standard InChI is InChI=1S/C18H21ClN2O/c1-11-5-6-15(13(3)7-11)20-16-9-12(2)8-14(4)18(16)21-17(22)10-19/h5-9,20H,10H2,1-4H3,(H,21,22). The van der Waals surface area contributed by atoms with Gasteiger partial charge in [0.2, 0.25) is 5.91 Å². The lowest BCUT2D eigenvalue weighted by atomic mass is 10.1. The molecular weight excluding hydrogens is 296 g/mol. The summed E-state index contributed by atoms with van der Waals surface area (Å²) in [5, 5.41) is 6.29. The number of carbonyl (C=O) groups excluding carboxylic acids is 1. The van der Waals surface area contributed by atoms with Gasteiger partial charge in [-0.2, -0.15) is 0 Å². The third kappa shape index (κ3) is 3.80. The molecule has 22 heavy (non-hydrogen) atoms. The van der Waals surface area contributed by atoms with Gasteiger partial charge in [-0.1, -0.05) is 23.8 Å². The van der Waals surface area contributed by atoms with Crippen LogP contribution < -0.4 is 10.6 Å². The summed E-state index contributed by atoms with van der Waals surface area (Å²) in [6, 6.07) is 10.3. The maximum absolute atomic E-state index is 11.7. The van der Waals surface area contributed by atoms with E-state index in [4.69, 9.17) is 11.6 Å². The fourth-order valence-electron chi connectivity index (χ4n) is 2.50. The van der Waals surface area contributed by atoms with Gasteiger partial charge in [-0.25, -0.2) is 0 Å². The van der Waals surface area contributed by atoms with E-state index in [-0.39, 0.29) is 11.8 Å². The molecule has 0 aliphatic heterocycles. The molecule has 0 aliphatic rings. The second-order valence-corrected chi connectivity index (χ2v) is 5.90. The Morgan fingerprint density at radius 1 is 0.955 bits per heavy atom. The SMILES string of the molecule is Cc1ccc(Nc2cc(C)cc(C)c2NC(=O)CCl)c(C)c1. The summed E-state index contributed by atoms with van der Waals surface area (Å²) in [6.45, 7) is 8.14. The first-order valence-corrected chi connectivity index (χ1v) is 7.75. The van der Waals surface area contributed by atoms with Crippen LogP contribution in [-0.4, -0.2) is 11.8 Å². The van der Waals surface area contributed by atoms with E-state index in [1.807, 2.05) is 26.0 Å². The van der Waals surface area contributed by atoms with Gasteiger partial charge in [0.1, 0.15) is 5.88 Å². The first kappa shape index (κ1) is 16.4. The highest BCUT2D eigenvalue weighted by Crippen LogP contribution is 2.31. The van der Waals surface area contributed by atoms with Crippen LogP contribution in [0.1, 0.15) is 22.3 Å². The lowest BCUT2D eigenvalue weighted by Gasteiger charge is -2.18. The Bertz CT molecular complexity index is 710. The van der Waals surface area contributed by atoms with Gasteiger partial charge in [-0.15, -0.1) is 11.6 Å². The zero-order chi connectivity index (χ0) is 16.3. The molecular formula is C18H21ClN2O. The average Bonchev–Trinajstić information content (AvgIpc) is 2.45. The molecule has 0 saturated heterocycles. The van der Waals surface area contributed by atoms with Gasteiger partial charge in [0.15, 0.2) is 0 Å². The van der Waals surface area contributed by atoms with Crippen LogP contribution in [0.4, 0.5) is 17.1 Å². The molecule has 0 atom stereocenters. The summed E-state index contributed by atoms with van der Waals surface area (Å²) in [5.74, 6) is -0.270. The molecule has 2 rings (SSSR count). The van der Waals surface area contributed by atoms with E-state index in [0.29, 0.717) is 0 Å². The predicted octanol–water partition coefficient (Wildman–Crippen LogP) is 4.84. The van der Waals surface area contributed by atoms with E-state index >= 15 is 0 Å². The molecule has 0 radical (unpaired) electrons. The highest BCUT2D eigenvalue weighted by molar-refractivity contribution is 6.29. The van der Waals surface area contributed by atoms with E-state index in [1.54, 1.807) is 0 Å². The number of hydrogen-bond donors (Lipinski definition) is 2. The highest BCUT2D eigenvalue weighted by atomic mass is 35.5. The molecule has 116 valence electrons. The maximum Gasteiger partial charge on any atom is 0.239 e. The van der Waals surface area contributed by atoms with Gasteiger partial charge >= 0.3 is 0 Å². The van der Waals surface area contributed by atoms with Crippen molar-refractivity contribution in [1.82, 2.24) is 0 Å². The minimum absolute atomic E-state index is 0.0592. The first-order chi connectivity index (χ1) is 10.4. The van der Waals surface area contributed by atoms with E-state index in [1.165, 1.54) is 5.56 Å². The largest absolute Gasteiger partial charge is 0.354 e. The van der Waals surface area contributed by atoms with Crippen LogP contribution in [0.2, 0.25) is 0 Å². The Labute approximate surface area is 136 Å². The number of anilines is 3. The second-order valence-electron chi connectivity index (χ2n) is 5.63. The Morgan fingerprint density at radius 2 is 1.64 bits per heavy atom. The molecule has 0 aliphatic carbocycles. The van der Waals surface area contributed by atoms with Gasteiger partial charge in [0, 0.05) is 5.69 Å². The van der Waals surface area contributed by atoms with Crippen molar-refractivity contribution in [3.05, 3.63) is 52.6 Å². The minimum Gasteiger partial charge on any atom is -0.354 e. The quantitative estimate of drug-likeness (QED) is 0.792. The second kappa shape index (κ2) is 6.84. The number of halogens is 1. The van der Waals surface area contributed by atoms with Crippen LogP contribution >= 0.6 is 11.6 Å². The van der Waals surface area contributed by atoms with E-state index < -0.39 is 0 Å². The Kier molecular flexibility index (Phi) is 5.09. The van der Waals surface area contributed by atoms with Gasteiger partial charge < -0.3 is 10.6 Å². The first-order valence-electron chi connectivity index (χ1n) is 7.22. The molecule has 2 N–H and O–H groups in total. The Morgan fingerprint density at radius 3 is 2.27 bits per heavy atom. The van der Waals surface area contributed by atoms with Gasteiger partial charge in [-0.05, 0) is 56.5 Å². The van der Waals surface area contributed by atoms with E-state index in [2.05, 4.69) is 42.7 Å². The summed E-state index contributed by atoms with van der Waals surface area (Å²) in [7, 11) is 0. The van der Waals surface area contributed by atoms with Gasteiger partial charge in [-0.3, -0.25) is 4.79 Å². The van der Waals surface area contributed by atoms with Crippen molar-refractivity contribution in [2.24, 2.45) is 0 Å². The normalized spacial score (nSPS) is 10.4. The summed E-state index contributed by atoms with van der Waals surface area (Å²) in [5.41, 5.74) is 7.20. The van der Waals surface area contributed by atoms with E-state index in [9.17, 15) is 4.79 Å². The molecule has 0 heterocycles. The third-order valence-corrected chi connectivity index (χ3v) is 3.76. The maximum atomic E-state index is 11.7. The van der Waals surface area contributed by atoms with Crippen molar-refractivity contribution >= 4 is 34.6 Å². The number of carbonyl (C=O) groups is 1. The molecule has 3 nitrogen and oxygen atoms in total. The molecule has 0 saturated carbocycles. The fraction of sp³-hybridized carbons (Fsp3) is 0.278. The van der Waals surface area contributed by atoms with Gasteiger partial charge in [0.25, 0.3) is 0 Å². The fourth-order valence-corrected chi connectivity index (χ4v) is 2.57. The number of amides is 1. The number of benzene rings is 2. The van der Waals surface area contributed by atoms with Crippen molar-refractivity contribution in [2.75, 3.05) is 16.5 Å². The monoisotopic (exact) mass is 316 g/mol. The van der Waals surface area contributed by atoms with Crippen LogP contribution in [0.15, 0.2) is 30.3 Å². The molecule has 0 bridgehead atoms. The van der Waals surface area contributed by atoms with Gasteiger partial charge in [0.05, 0.1) is 11.4 Å². The Balaban J connectivity index is 2.42. The lowest BCUT2D eigenvalue weighted by Crippen LogP contribution is -2.15. The molecule has 2 aromatic carbocycles. The summed E-state index contributed by atoms with van der Waals surface area (Å²) in [6.07, 6.45) is 0. The number of aryl methyl sites for hydroxylation is 4. The zero-order valence-corrected chi connectivity index (χ0v) is 14.1. The smallest absolute Gasteiger partial charge is 0.239 e. The average molecular weight is 317 g/mol. The number of hydrogen-bond acceptors (Lipinski definition) is 2. The Hall–Kier alpha value is -2.00. The highest BCUT2D eigenvalue weighted by Gasteiger charge is 2.11. The predicted molar refractivity (Wildman–Crippen MR) is 94.5 cm³/mol. The lowest BCUT2D eigenvalue weighted by molar-refractivity contribution is -0.113. The molecule has 0 fully saturated rings. The van der Waals surface area contributed by atoms with Crippen molar-refractivity contribution in [2.45, 2.75) is 27.7 Å². The molecule has 1 amide bonds. The molecule has 4 heteroatoms. The summed E-state index contributed by atoms with van der Waals surface area (Å²) >= 11 is 5.61. The van der Waals surface area contributed by atoms with Crippen molar-refractivity contribution < 1.29 is 4.79 Å². The topological polar surface area (TPSA) is 41.1 Å². The van der Waals surface area contributed by atoms with Crippen LogP contribution in [0.3, 0.4) is 0 Å². The van der Waals surface area contributed by atoms with Crippen LogP contribution in [0.25, 0.3) is 0 Å². The van der Waals surface area contributed by atoms with Crippen molar-refractivity contribution in [1.29, 1.82) is 0 Å². The van der Waals surface area contributed by atoms with Crippen LogP contribution in [0, 0.1) is 27.7 Å². The summed E-state index contributed by atoms with van der Waals surface area (Å²) in [4.78, 5) is 11.7. The molecule has 0 spiro atoms. The van der Waals surface area contributed by atoms with Crippen LogP contribution in [0.5, 0.6) is 0 Å². The number of alkyl halides is 1. The van der Waals surface area contributed by atoms with E-state index in [0.717, 1.165) is 33.8 Å². The molecule has 2 aromatic rings. The molecule has 0 unspecified atom stereocenters. The van der Waals surface area contributed by atoms with Crippen LogP contribution in [-0.2, 0) is 4.79 Å². The molecule has 0 aromatic heterocycles. The minimum atomic E-state index is -0.211. The van der Waals surface area contributed by atoms with Crippen molar-refractivity contribution in [3.63, 3.8) is 0 Å². The summed E-state index contributed by atoms with van der Waals surface area (Å²) < 4.78 is 0. The zero-order valence-electron chi connectivity index (χ0n) is 13.4. The third-order valence-electron chi connectivity index (χ3n) is 3.52. The number of rotatable bonds is 4. The van der Waals surface area contributed by atoms with Crippen molar-refractivity contribution in [3.8, 4) is 0 Å².